The molecule has 0 aromatic heterocycles. The van der Waals surface area contributed by atoms with Crippen molar-refractivity contribution < 1.29 is 9.50 Å². The molecule has 3 aromatic rings. The summed E-state index contributed by atoms with van der Waals surface area (Å²) < 4.78 is 13.2. The second kappa shape index (κ2) is 6.02. The largest absolute Gasteiger partial charge is 0.508 e. The number of halogens is 1. The van der Waals surface area contributed by atoms with Crippen LogP contribution >= 0.6 is 0 Å². The molecular formula is C20H17FO. The van der Waals surface area contributed by atoms with Crippen molar-refractivity contribution in [2.24, 2.45) is 0 Å². The summed E-state index contributed by atoms with van der Waals surface area (Å²) in [6, 6.07) is 22.1. The lowest BCUT2D eigenvalue weighted by atomic mass is 9.85. The fourth-order valence-electron chi connectivity index (χ4n) is 2.66. The van der Waals surface area contributed by atoms with Gasteiger partial charge in [0, 0.05) is 5.92 Å². The third-order valence-corrected chi connectivity index (χ3v) is 3.84. The Balaban J connectivity index is 2.10. The minimum absolute atomic E-state index is 0.0156. The van der Waals surface area contributed by atoms with Crippen molar-refractivity contribution in [2.75, 3.05) is 0 Å². The number of phenolic OH excluding ortho intramolecular Hbond substituents is 1. The third-order valence-electron chi connectivity index (χ3n) is 3.84. The summed E-state index contributed by atoms with van der Waals surface area (Å²) in [5.41, 5.74) is 4.43. The fraction of sp³-hybridized carbons (Fsp3) is 0.100. The SMILES string of the molecule is Cc1ccc(C(c2ccc(O)cc2)c2ccc(F)cc2)cc1. The predicted molar refractivity (Wildman–Crippen MR) is 86.6 cm³/mol. The molecule has 22 heavy (non-hydrogen) atoms. The Bertz CT molecular complexity index is 635. The van der Waals surface area contributed by atoms with Crippen molar-refractivity contribution in [1.29, 1.82) is 0 Å². The number of aromatic hydroxyl groups is 1. The van der Waals surface area contributed by atoms with Gasteiger partial charge in [-0.3, -0.25) is 0 Å². The van der Waals surface area contributed by atoms with E-state index in [1.807, 2.05) is 24.3 Å². The maximum atomic E-state index is 13.2. The van der Waals surface area contributed by atoms with E-state index in [9.17, 15) is 9.50 Å². The summed E-state index contributed by atoms with van der Waals surface area (Å²) in [4.78, 5) is 0. The Morgan fingerprint density at radius 2 is 1.09 bits per heavy atom. The summed E-state index contributed by atoms with van der Waals surface area (Å²) in [5.74, 6) is 0.0180. The summed E-state index contributed by atoms with van der Waals surface area (Å²) in [6.45, 7) is 2.05. The molecule has 0 aliphatic rings. The highest BCUT2D eigenvalue weighted by atomic mass is 19.1. The molecule has 0 aliphatic carbocycles. The number of hydrogen-bond donors (Lipinski definition) is 1. The molecule has 1 N–H and O–H groups in total. The van der Waals surface area contributed by atoms with Gasteiger partial charge in [0.1, 0.15) is 11.6 Å². The molecule has 0 bridgehead atoms. The number of rotatable bonds is 3. The molecule has 0 spiro atoms. The molecule has 0 radical (unpaired) electrons. The van der Waals surface area contributed by atoms with Gasteiger partial charge in [-0.2, -0.15) is 0 Å². The summed E-state index contributed by atoms with van der Waals surface area (Å²) >= 11 is 0. The molecule has 2 heteroatoms. The van der Waals surface area contributed by atoms with Crippen LogP contribution in [0.3, 0.4) is 0 Å². The zero-order chi connectivity index (χ0) is 15.5. The molecule has 0 amide bonds. The molecule has 0 fully saturated rings. The summed E-state index contributed by atoms with van der Waals surface area (Å²) in [6.07, 6.45) is 0. The van der Waals surface area contributed by atoms with Gasteiger partial charge >= 0.3 is 0 Å². The first-order valence-electron chi connectivity index (χ1n) is 7.24. The second-order valence-corrected chi connectivity index (χ2v) is 5.49. The van der Waals surface area contributed by atoms with E-state index in [-0.39, 0.29) is 17.5 Å². The maximum absolute atomic E-state index is 13.2. The predicted octanol–water partition coefficient (Wildman–Crippen LogP) is 5.02. The Morgan fingerprint density at radius 3 is 1.59 bits per heavy atom. The van der Waals surface area contributed by atoms with E-state index in [1.165, 1.54) is 17.7 Å². The Morgan fingerprint density at radius 1 is 0.682 bits per heavy atom. The van der Waals surface area contributed by atoms with Crippen LogP contribution in [0.1, 0.15) is 28.2 Å². The van der Waals surface area contributed by atoms with Crippen molar-refractivity contribution in [3.05, 3.63) is 101 Å². The number of phenols is 1. The average molecular weight is 292 g/mol. The highest BCUT2D eigenvalue weighted by molar-refractivity contribution is 5.44. The van der Waals surface area contributed by atoms with Crippen LogP contribution in [0.2, 0.25) is 0 Å². The van der Waals surface area contributed by atoms with E-state index < -0.39 is 0 Å². The molecule has 3 rings (SSSR count). The third kappa shape index (κ3) is 3.01. The van der Waals surface area contributed by atoms with E-state index in [0.717, 1.165) is 16.7 Å². The smallest absolute Gasteiger partial charge is 0.123 e. The lowest BCUT2D eigenvalue weighted by Crippen LogP contribution is -2.03. The van der Waals surface area contributed by atoms with Gasteiger partial charge in [-0.15, -0.1) is 0 Å². The van der Waals surface area contributed by atoms with Crippen molar-refractivity contribution in [1.82, 2.24) is 0 Å². The molecule has 3 aromatic carbocycles. The van der Waals surface area contributed by atoms with Gasteiger partial charge in [0.25, 0.3) is 0 Å². The molecule has 110 valence electrons. The number of benzene rings is 3. The van der Waals surface area contributed by atoms with Crippen LogP contribution in [0.4, 0.5) is 4.39 Å². The van der Waals surface area contributed by atoms with Gasteiger partial charge in [0.15, 0.2) is 0 Å². The van der Waals surface area contributed by atoms with Gasteiger partial charge < -0.3 is 5.11 Å². The van der Waals surface area contributed by atoms with Crippen LogP contribution in [0, 0.1) is 12.7 Å². The molecule has 1 atom stereocenters. The zero-order valence-corrected chi connectivity index (χ0v) is 12.3. The molecule has 0 saturated heterocycles. The topological polar surface area (TPSA) is 20.2 Å². The normalized spacial score (nSPS) is 12.1. The minimum atomic E-state index is -0.239. The molecule has 1 unspecified atom stereocenters. The van der Waals surface area contributed by atoms with Crippen LogP contribution in [-0.4, -0.2) is 5.11 Å². The van der Waals surface area contributed by atoms with Gasteiger partial charge in [-0.05, 0) is 47.9 Å². The first-order valence-corrected chi connectivity index (χ1v) is 7.24. The van der Waals surface area contributed by atoms with Crippen LogP contribution in [0.15, 0.2) is 72.8 Å². The number of hydrogen-bond acceptors (Lipinski definition) is 1. The van der Waals surface area contributed by atoms with E-state index in [0.29, 0.717) is 0 Å². The summed E-state index contributed by atoms with van der Waals surface area (Å²) in [7, 11) is 0. The highest BCUT2D eigenvalue weighted by Gasteiger charge is 2.16. The van der Waals surface area contributed by atoms with Gasteiger partial charge in [-0.1, -0.05) is 54.1 Å². The molecule has 1 nitrogen and oxygen atoms in total. The highest BCUT2D eigenvalue weighted by Crippen LogP contribution is 2.32. The van der Waals surface area contributed by atoms with Crippen molar-refractivity contribution in [2.45, 2.75) is 12.8 Å². The quantitative estimate of drug-likeness (QED) is 0.672. The van der Waals surface area contributed by atoms with E-state index in [2.05, 4.69) is 31.2 Å². The first kappa shape index (κ1) is 14.3. The lowest BCUT2D eigenvalue weighted by Gasteiger charge is -2.19. The molecule has 0 saturated carbocycles. The van der Waals surface area contributed by atoms with Gasteiger partial charge in [-0.25, -0.2) is 4.39 Å². The van der Waals surface area contributed by atoms with Crippen molar-refractivity contribution in [3.63, 3.8) is 0 Å². The Kier molecular flexibility index (Phi) is 3.92. The van der Waals surface area contributed by atoms with Gasteiger partial charge in [0.05, 0.1) is 0 Å². The zero-order valence-electron chi connectivity index (χ0n) is 12.3. The van der Waals surface area contributed by atoms with Crippen LogP contribution in [0.25, 0.3) is 0 Å². The van der Waals surface area contributed by atoms with E-state index >= 15 is 0 Å². The van der Waals surface area contributed by atoms with Crippen LogP contribution in [0.5, 0.6) is 5.75 Å². The fourth-order valence-corrected chi connectivity index (χ4v) is 2.66. The second-order valence-electron chi connectivity index (χ2n) is 5.49. The molecule has 0 aliphatic heterocycles. The monoisotopic (exact) mass is 292 g/mol. The Hall–Kier alpha value is -2.61. The van der Waals surface area contributed by atoms with Crippen molar-refractivity contribution >= 4 is 0 Å². The maximum Gasteiger partial charge on any atom is 0.123 e. The Labute approximate surface area is 129 Å². The lowest BCUT2D eigenvalue weighted by molar-refractivity contribution is 0.475. The van der Waals surface area contributed by atoms with Gasteiger partial charge in [0.2, 0.25) is 0 Å². The average Bonchev–Trinajstić information content (AvgIpc) is 2.53. The number of aryl methyl sites for hydroxylation is 1. The van der Waals surface area contributed by atoms with E-state index in [4.69, 9.17) is 0 Å². The minimum Gasteiger partial charge on any atom is -0.508 e. The molecular weight excluding hydrogens is 275 g/mol. The van der Waals surface area contributed by atoms with Crippen molar-refractivity contribution in [3.8, 4) is 5.75 Å². The van der Waals surface area contributed by atoms with Crippen LogP contribution < -0.4 is 0 Å². The van der Waals surface area contributed by atoms with E-state index in [1.54, 1.807) is 12.1 Å². The first-order chi connectivity index (χ1) is 10.6. The summed E-state index contributed by atoms with van der Waals surface area (Å²) in [5, 5.41) is 9.50. The van der Waals surface area contributed by atoms with Crippen LogP contribution in [-0.2, 0) is 0 Å². The standard InChI is InChI=1S/C20H17FO/c1-14-2-4-15(5-3-14)20(16-6-10-18(21)11-7-16)17-8-12-19(22)13-9-17/h2-13,20,22H,1H3. The molecule has 0 heterocycles.